The number of primary amides is 1. The number of anilines is 2. The average Bonchev–Trinajstić information content (AvgIpc) is 2.37. The molecule has 2 aromatic rings. The van der Waals surface area contributed by atoms with Crippen molar-refractivity contribution < 1.29 is 9.18 Å². The van der Waals surface area contributed by atoms with Gasteiger partial charge in [-0.2, -0.15) is 0 Å². The van der Waals surface area contributed by atoms with Gasteiger partial charge in [-0.1, -0.05) is 18.2 Å². The molecule has 4 nitrogen and oxygen atoms in total. The first-order valence-corrected chi connectivity index (χ1v) is 5.74. The average molecular weight is 259 g/mol. The van der Waals surface area contributed by atoms with Gasteiger partial charge in [0.15, 0.2) is 0 Å². The second-order valence-electron chi connectivity index (χ2n) is 4.12. The molecule has 0 atom stereocenters. The first kappa shape index (κ1) is 12.9. The third-order valence-corrected chi connectivity index (χ3v) is 2.72. The fourth-order valence-electron chi connectivity index (χ4n) is 1.75. The number of rotatable bonds is 4. The molecule has 98 valence electrons. The summed E-state index contributed by atoms with van der Waals surface area (Å²) in [4.78, 5) is 11.2. The van der Waals surface area contributed by atoms with Crippen LogP contribution in [0.4, 0.5) is 15.8 Å². The fourth-order valence-corrected chi connectivity index (χ4v) is 1.75. The van der Waals surface area contributed by atoms with Crippen LogP contribution in [-0.2, 0) is 6.54 Å². The molecule has 0 unspecified atom stereocenters. The van der Waals surface area contributed by atoms with Gasteiger partial charge in [-0.25, -0.2) is 4.39 Å². The van der Waals surface area contributed by atoms with E-state index in [9.17, 15) is 9.18 Å². The van der Waals surface area contributed by atoms with Crippen LogP contribution in [0, 0.1) is 5.82 Å². The summed E-state index contributed by atoms with van der Waals surface area (Å²) >= 11 is 0. The van der Waals surface area contributed by atoms with Gasteiger partial charge >= 0.3 is 0 Å². The first-order valence-electron chi connectivity index (χ1n) is 5.74. The molecule has 0 aromatic heterocycles. The van der Waals surface area contributed by atoms with Gasteiger partial charge in [0, 0.05) is 12.2 Å². The SMILES string of the molecule is NC(=O)c1c(F)cccc1NCc1ccc(N)cc1. The number of nitrogens with two attached hydrogens (primary N) is 2. The number of nitrogen functional groups attached to an aromatic ring is 1. The summed E-state index contributed by atoms with van der Waals surface area (Å²) in [7, 11) is 0. The van der Waals surface area contributed by atoms with Crippen LogP contribution in [0.5, 0.6) is 0 Å². The molecule has 0 radical (unpaired) electrons. The minimum absolute atomic E-state index is 0.127. The van der Waals surface area contributed by atoms with Crippen LogP contribution >= 0.6 is 0 Å². The normalized spacial score (nSPS) is 10.2. The third-order valence-electron chi connectivity index (χ3n) is 2.72. The number of amides is 1. The number of carbonyl (C=O) groups excluding carboxylic acids is 1. The topological polar surface area (TPSA) is 81.1 Å². The molecular formula is C14H14FN3O. The van der Waals surface area contributed by atoms with Gasteiger partial charge in [-0.05, 0) is 29.8 Å². The largest absolute Gasteiger partial charge is 0.399 e. The molecule has 0 heterocycles. The Hall–Kier alpha value is -2.56. The summed E-state index contributed by atoms with van der Waals surface area (Å²) in [6.07, 6.45) is 0. The van der Waals surface area contributed by atoms with Gasteiger partial charge in [0.2, 0.25) is 0 Å². The van der Waals surface area contributed by atoms with Gasteiger partial charge in [-0.15, -0.1) is 0 Å². The Balaban J connectivity index is 2.18. The van der Waals surface area contributed by atoms with Crippen LogP contribution in [0.15, 0.2) is 42.5 Å². The van der Waals surface area contributed by atoms with E-state index < -0.39 is 11.7 Å². The van der Waals surface area contributed by atoms with Gasteiger partial charge < -0.3 is 16.8 Å². The molecule has 0 aliphatic carbocycles. The lowest BCUT2D eigenvalue weighted by atomic mass is 10.1. The zero-order valence-corrected chi connectivity index (χ0v) is 10.2. The maximum Gasteiger partial charge on any atom is 0.253 e. The van der Waals surface area contributed by atoms with Crippen molar-refractivity contribution in [3.63, 3.8) is 0 Å². The number of hydrogen-bond acceptors (Lipinski definition) is 3. The van der Waals surface area contributed by atoms with Crippen molar-refractivity contribution in [1.29, 1.82) is 0 Å². The fraction of sp³-hybridized carbons (Fsp3) is 0.0714. The van der Waals surface area contributed by atoms with Gasteiger partial charge in [-0.3, -0.25) is 4.79 Å². The monoisotopic (exact) mass is 259 g/mol. The Labute approximate surface area is 110 Å². The molecule has 5 heteroatoms. The summed E-state index contributed by atoms with van der Waals surface area (Å²) < 4.78 is 13.5. The predicted octanol–water partition coefficient (Wildman–Crippen LogP) is 2.12. The highest BCUT2D eigenvalue weighted by atomic mass is 19.1. The Morgan fingerprint density at radius 1 is 1.16 bits per heavy atom. The van der Waals surface area contributed by atoms with E-state index in [0.717, 1.165) is 5.56 Å². The molecule has 19 heavy (non-hydrogen) atoms. The van der Waals surface area contributed by atoms with E-state index in [-0.39, 0.29) is 5.56 Å². The molecule has 2 rings (SSSR count). The molecule has 0 spiro atoms. The molecule has 0 saturated heterocycles. The van der Waals surface area contributed by atoms with Crippen molar-refractivity contribution in [2.45, 2.75) is 6.54 Å². The van der Waals surface area contributed by atoms with Crippen LogP contribution in [0.2, 0.25) is 0 Å². The van der Waals surface area contributed by atoms with Crippen molar-refractivity contribution >= 4 is 17.3 Å². The number of benzene rings is 2. The third kappa shape index (κ3) is 3.01. The lowest BCUT2D eigenvalue weighted by Crippen LogP contribution is -2.16. The van der Waals surface area contributed by atoms with E-state index in [0.29, 0.717) is 17.9 Å². The summed E-state index contributed by atoms with van der Waals surface area (Å²) in [6, 6.07) is 11.6. The Morgan fingerprint density at radius 2 is 1.84 bits per heavy atom. The first-order chi connectivity index (χ1) is 9.08. The number of carbonyl (C=O) groups is 1. The van der Waals surface area contributed by atoms with Crippen molar-refractivity contribution in [3.8, 4) is 0 Å². The zero-order chi connectivity index (χ0) is 13.8. The minimum atomic E-state index is -0.794. The summed E-state index contributed by atoms with van der Waals surface area (Å²) in [5.41, 5.74) is 12.6. The molecule has 0 saturated carbocycles. The van der Waals surface area contributed by atoms with E-state index in [2.05, 4.69) is 5.32 Å². The van der Waals surface area contributed by atoms with E-state index in [1.165, 1.54) is 12.1 Å². The highest BCUT2D eigenvalue weighted by Crippen LogP contribution is 2.19. The zero-order valence-electron chi connectivity index (χ0n) is 10.2. The lowest BCUT2D eigenvalue weighted by molar-refractivity contribution is 0.0997. The maximum absolute atomic E-state index is 13.5. The van der Waals surface area contributed by atoms with E-state index in [1.807, 2.05) is 12.1 Å². The summed E-state index contributed by atoms with van der Waals surface area (Å²) in [5, 5.41) is 2.99. The molecule has 0 aliphatic heterocycles. The molecule has 2 aromatic carbocycles. The Morgan fingerprint density at radius 3 is 2.47 bits per heavy atom. The van der Waals surface area contributed by atoms with E-state index >= 15 is 0 Å². The van der Waals surface area contributed by atoms with Crippen molar-refractivity contribution in [2.24, 2.45) is 5.73 Å². The number of halogens is 1. The maximum atomic E-state index is 13.5. The molecule has 1 amide bonds. The molecule has 0 aliphatic rings. The van der Waals surface area contributed by atoms with Crippen LogP contribution < -0.4 is 16.8 Å². The van der Waals surface area contributed by atoms with Crippen LogP contribution in [0.3, 0.4) is 0 Å². The number of hydrogen-bond donors (Lipinski definition) is 3. The van der Waals surface area contributed by atoms with Crippen LogP contribution in [-0.4, -0.2) is 5.91 Å². The van der Waals surface area contributed by atoms with E-state index in [1.54, 1.807) is 18.2 Å². The Kier molecular flexibility index (Phi) is 3.66. The van der Waals surface area contributed by atoms with Crippen molar-refractivity contribution in [2.75, 3.05) is 11.1 Å². The predicted molar refractivity (Wildman–Crippen MR) is 73.1 cm³/mol. The Bertz CT molecular complexity index is 596. The summed E-state index contributed by atoms with van der Waals surface area (Å²) in [5.74, 6) is -1.42. The van der Waals surface area contributed by atoms with Crippen molar-refractivity contribution in [1.82, 2.24) is 0 Å². The molecule has 5 N–H and O–H groups in total. The summed E-state index contributed by atoms with van der Waals surface area (Å²) in [6.45, 7) is 0.448. The quantitative estimate of drug-likeness (QED) is 0.736. The van der Waals surface area contributed by atoms with Gasteiger partial charge in [0.25, 0.3) is 5.91 Å². The molecule has 0 fully saturated rings. The van der Waals surface area contributed by atoms with Gasteiger partial charge in [0.1, 0.15) is 5.82 Å². The smallest absolute Gasteiger partial charge is 0.253 e. The second-order valence-corrected chi connectivity index (χ2v) is 4.12. The second kappa shape index (κ2) is 5.39. The minimum Gasteiger partial charge on any atom is -0.399 e. The van der Waals surface area contributed by atoms with Crippen molar-refractivity contribution in [3.05, 3.63) is 59.4 Å². The number of nitrogens with one attached hydrogen (secondary N) is 1. The standard InChI is InChI=1S/C14H14FN3O/c15-11-2-1-3-12(13(11)14(17)19)18-8-9-4-6-10(16)7-5-9/h1-7,18H,8,16H2,(H2,17,19). The van der Waals surface area contributed by atoms with Crippen LogP contribution in [0.1, 0.15) is 15.9 Å². The van der Waals surface area contributed by atoms with Gasteiger partial charge in [0.05, 0.1) is 11.3 Å². The highest BCUT2D eigenvalue weighted by Gasteiger charge is 2.13. The molecule has 0 bridgehead atoms. The van der Waals surface area contributed by atoms with E-state index in [4.69, 9.17) is 11.5 Å². The van der Waals surface area contributed by atoms with Crippen LogP contribution in [0.25, 0.3) is 0 Å². The highest BCUT2D eigenvalue weighted by molar-refractivity contribution is 5.98. The lowest BCUT2D eigenvalue weighted by Gasteiger charge is -2.10. The molecular weight excluding hydrogens is 245 g/mol.